The predicted octanol–water partition coefficient (Wildman–Crippen LogP) is 3.13. The molecule has 1 aliphatic heterocycles. The van der Waals surface area contributed by atoms with Gasteiger partial charge in [-0.25, -0.2) is 8.42 Å². The molecule has 0 unspecified atom stereocenters. The van der Waals surface area contributed by atoms with E-state index >= 15 is 0 Å². The number of aromatic hydroxyl groups is 1. The maximum atomic E-state index is 13.3. The number of phenolic OH excluding ortho intramolecular Hbond substituents is 1. The highest BCUT2D eigenvalue weighted by atomic mass is 32.2. The molecule has 0 radical (unpaired) electrons. The fourth-order valence-electron chi connectivity index (χ4n) is 3.26. The van der Waals surface area contributed by atoms with Crippen LogP contribution in [0.25, 0.3) is 0 Å². The molecule has 1 amide bonds. The van der Waals surface area contributed by atoms with Crippen LogP contribution in [0, 0.1) is 5.41 Å². The minimum absolute atomic E-state index is 0.0200. The number of nitrogens with zero attached hydrogens (tertiary/aromatic N) is 1. The molecule has 0 bridgehead atoms. The van der Waals surface area contributed by atoms with Gasteiger partial charge in [0.25, 0.3) is 10.0 Å². The molecule has 2 aromatic rings. The van der Waals surface area contributed by atoms with Crippen molar-refractivity contribution < 1.29 is 18.3 Å². The highest BCUT2D eigenvalue weighted by Gasteiger charge is 2.37. The van der Waals surface area contributed by atoms with Crippen molar-refractivity contribution in [2.45, 2.75) is 32.1 Å². The number of fused-ring (bicyclic) bond motifs is 1. The minimum Gasteiger partial charge on any atom is -0.506 e. The number of anilines is 2. The van der Waals surface area contributed by atoms with E-state index in [0.717, 1.165) is 12.0 Å². The molecule has 2 aromatic carbocycles. The van der Waals surface area contributed by atoms with Crippen LogP contribution in [0.3, 0.4) is 0 Å². The van der Waals surface area contributed by atoms with Gasteiger partial charge in [-0.3, -0.25) is 9.10 Å². The molecule has 7 heteroatoms. The van der Waals surface area contributed by atoms with E-state index in [1.54, 1.807) is 6.07 Å². The van der Waals surface area contributed by atoms with E-state index in [1.807, 2.05) is 32.0 Å². The Morgan fingerprint density at radius 2 is 1.88 bits per heavy atom. The van der Waals surface area contributed by atoms with Gasteiger partial charge in [-0.05, 0) is 41.7 Å². The minimum atomic E-state index is -3.85. The van der Waals surface area contributed by atoms with Crippen LogP contribution < -0.4 is 9.62 Å². The zero-order chi connectivity index (χ0) is 19.1. The maximum Gasteiger partial charge on any atom is 0.264 e. The van der Waals surface area contributed by atoms with Crippen molar-refractivity contribution in [2.75, 3.05) is 16.2 Å². The zero-order valence-corrected chi connectivity index (χ0v) is 15.8. The van der Waals surface area contributed by atoms with Crippen LogP contribution in [-0.2, 0) is 21.2 Å². The largest absolute Gasteiger partial charge is 0.506 e. The van der Waals surface area contributed by atoms with Gasteiger partial charge in [-0.2, -0.15) is 0 Å². The maximum absolute atomic E-state index is 13.3. The number of nitrogens with one attached hydrogen (secondary N) is 1. The van der Waals surface area contributed by atoms with E-state index in [0.29, 0.717) is 12.2 Å². The number of carbonyl (C=O) groups is 1. The average Bonchev–Trinajstić information content (AvgIpc) is 2.54. The lowest BCUT2D eigenvalue weighted by atomic mass is 9.82. The van der Waals surface area contributed by atoms with Gasteiger partial charge >= 0.3 is 0 Å². The number of phenols is 1. The Morgan fingerprint density at radius 1 is 1.19 bits per heavy atom. The molecule has 0 saturated heterocycles. The molecular formula is C19H22N2O4S. The lowest BCUT2D eigenvalue weighted by Crippen LogP contribution is -2.43. The summed E-state index contributed by atoms with van der Waals surface area (Å²) in [4.78, 5) is 11.3. The molecule has 0 spiro atoms. The van der Waals surface area contributed by atoms with E-state index in [9.17, 15) is 18.3 Å². The first kappa shape index (κ1) is 18.3. The number of benzene rings is 2. The molecule has 138 valence electrons. The summed E-state index contributed by atoms with van der Waals surface area (Å²) in [6.07, 6.45) is 0.794. The fraction of sp³-hybridized carbons (Fsp3) is 0.316. The summed E-state index contributed by atoms with van der Waals surface area (Å²) in [5.74, 6) is -0.571. The van der Waals surface area contributed by atoms with Crippen molar-refractivity contribution >= 4 is 27.3 Å². The molecule has 1 heterocycles. The van der Waals surface area contributed by atoms with E-state index in [2.05, 4.69) is 5.32 Å². The molecule has 26 heavy (non-hydrogen) atoms. The van der Waals surface area contributed by atoms with Gasteiger partial charge in [0.1, 0.15) is 5.75 Å². The van der Waals surface area contributed by atoms with Crippen molar-refractivity contribution in [1.82, 2.24) is 0 Å². The Hall–Kier alpha value is -2.54. The summed E-state index contributed by atoms with van der Waals surface area (Å²) >= 11 is 0. The number of para-hydroxylation sites is 1. The van der Waals surface area contributed by atoms with Crippen molar-refractivity contribution in [2.24, 2.45) is 5.41 Å². The lowest BCUT2D eigenvalue weighted by Gasteiger charge is -2.39. The highest BCUT2D eigenvalue weighted by molar-refractivity contribution is 7.92. The normalized spacial score (nSPS) is 16.0. The second kappa shape index (κ2) is 6.32. The van der Waals surface area contributed by atoms with E-state index in [-0.39, 0.29) is 27.7 Å². The van der Waals surface area contributed by atoms with Gasteiger partial charge in [-0.1, -0.05) is 32.0 Å². The third-order valence-corrected chi connectivity index (χ3v) is 6.12. The zero-order valence-electron chi connectivity index (χ0n) is 15.0. The first-order valence-electron chi connectivity index (χ1n) is 8.31. The Balaban J connectivity index is 2.10. The highest BCUT2D eigenvalue weighted by Crippen LogP contribution is 2.39. The number of rotatable bonds is 3. The monoisotopic (exact) mass is 374 g/mol. The first-order valence-corrected chi connectivity index (χ1v) is 9.75. The van der Waals surface area contributed by atoms with Crippen LogP contribution in [0.5, 0.6) is 5.75 Å². The Kier molecular flexibility index (Phi) is 4.44. The topological polar surface area (TPSA) is 86.7 Å². The smallest absolute Gasteiger partial charge is 0.264 e. The van der Waals surface area contributed by atoms with Crippen molar-refractivity contribution in [3.63, 3.8) is 0 Å². The SMILES string of the molecule is CC(=O)Nc1cc(S(=O)(=O)N2CC(C)(C)Cc3ccccc32)ccc1O. The first-order chi connectivity index (χ1) is 12.1. The van der Waals surface area contributed by atoms with Crippen molar-refractivity contribution in [3.05, 3.63) is 48.0 Å². The van der Waals surface area contributed by atoms with Crippen LogP contribution in [0.4, 0.5) is 11.4 Å². The fourth-order valence-corrected chi connectivity index (χ4v) is 4.97. The van der Waals surface area contributed by atoms with E-state index in [1.165, 1.54) is 29.4 Å². The molecule has 0 aromatic heterocycles. The number of carbonyl (C=O) groups excluding carboxylic acids is 1. The number of amides is 1. The van der Waals surface area contributed by atoms with E-state index < -0.39 is 10.0 Å². The van der Waals surface area contributed by atoms with Crippen LogP contribution in [0.15, 0.2) is 47.4 Å². The van der Waals surface area contributed by atoms with Gasteiger partial charge in [0.15, 0.2) is 0 Å². The molecule has 3 rings (SSSR count). The molecule has 0 fully saturated rings. The third-order valence-electron chi connectivity index (χ3n) is 4.37. The second-order valence-corrected chi connectivity index (χ2v) is 9.20. The number of hydrogen-bond acceptors (Lipinski definition) is 4. The summed E-state index contributed by atoms with van der Waals surface area (Å²) < 4.78 is 28.0. The second-order valence-electron chi connectivity index (χ2n) is 7.34. The van der Waals surface area contributed by atoms with Crippen molar-refractivity contribution in [3.8, 4) is 5.75 Å². The van der Waals surface area contributed by atoms with E-state index in [4.69, 9.17) is 0 Å². The summed E-state index contributed by atoms with van der Waals surface area (Å²) in [6.45, 7) is 5.71. The van der Waals surface area contributed by atoms with Gasteiger partial charge < -0.3 is 10.4 Å². The van der Waals surface area contributed by atoms with Gasteiger partial charge in [0.05, 0.1) is 16.3 Å². The van der Waals surface area contributed by atoms with Crippen LogP contribution >= 0.6 is 0 Å². The summed E-state index contributed by atoms with van der Waals surface area (Å²) in [7, 11) is -3.85. The third kappa shape index (κ3) is 3.39. The standard InChI is InChI=1S/C19H22N2O4S/c1-13(22)20-16-10-15(8-9-18(16)23)26(24,25)21-12-19(2,3)11-14-6-4-5-7-17(14)21/h4-10,23H,11-12H2,1-3H3,(H,20,22). The average molecular weight is 374 g/mol. The van der Waals surface area contributed by atoms with Gasteiger partial charge in [0, 0.05) is 13.5 Å². The summed E-state index contributed by atoms with van der Waals surface area (Å²) in [5, 5.41) is 12.3. The number of sulfonamides is 1. The lowest BCUT2D eigenvalue weighted by molar-refractivity contribution is -0.114. The molecule has 0 saturated carbocycles. The Bertz CT molecular complexity index is 967. The molecule has 1 aliphatic rings. The van der Waals surface area contributed by atoms with Gasteiger partial charge in [0.2, 0.25) is 5.91 Å². The summed E-state index contributed by atoms with van der Waals surface area (Å²) in [6, 6.07) is 11.4. The predicted molar refractivity (Wildman–Crippen MR) is 101 cm³/mol. The van der Waals surface area contributed by atoms with Gasteiger partial charge in [-0.15, -0.1) is 0 Å². The van der Waals surface area contributed by atoms with Crippen LogP contribution in [0.1, 0.15) is 26.3 Å². The van der Waals surface area contributed by atoms with Crippen LogP contribution in [-0.4, -0.2) is 26.0 Å². The summed E-state index contributed by atoms with van der Waals surface area (Å²) in [5.41, 5.74) is 1.51. The number of hydrogen-bond donors (Lipinski definition) is 2. The molecule has 6 nitrogen and oxygen atoms in total. The van der Waals surface area contributed by atoms with Crippen molar-refractivity contribution in [1.29, 1.82) is 0 Å². The molecule has 2 N–H and O–H groups in total. The molecular weight excluding hydrogens is 352 g/mol. The van der Waals surface area contributed by atoms with Crippen LogP contribution in [0.2, 0.25) is 0 Å². The molecule has 0 atom stereocenters. The Labute approximate surface area is 153 Å². The Morgan fingerprint density at radius 3 is 2.58 bits per heavy atom. The quantitative estimate of drug-likeness (QED) is 0.808. The molecule has 0 aliphatic carbocycles.